The fraction of sp³-hybridized carbons (Fsp3) is 0.100. The Kier molecular flexibility index (Phi) is 3.97. The molecule has 2 aromatic carbocycles. The zero-order valence-electron chi connectivity index (χ0n) is 13.9. The summed E-state index contributed by atoms with van der Waals surface area (Å²) in [6.07, 6.45) is 0. The average molecular weight is 365 g/mol. The molecular weight excluding hydrogens is 350 g/mol. The van der Waals surface area contributed by atoms with Crippen molar-refractivity contribution in [2.45, 2.75) is 5.92 Å². The second-order valence-electron chi connectivity index (χ2n) is 5.84. The van der Waals surface area contributed by atoms with E-state index in [-0.39, 0.29) is 16.2 Å². The number of rotatable bonds is 2. The number of benzene rings is 2. The number of esters is 1. The van der Waals surface area contributed by atoms with Crippen LogP contribution < -0.4 is 15.2 Å². The van der Waals surface area contributed by atoms with Crippen molar-refractivity contribution in [3.05, 3.63) is 86.7 Å². The van der Waals surface area contributed by atoms with Crippen LogP contribution in [0.3, 0.4) is 0 Å². The zero-order valence-corrected chi connectivity index (χ0v) is 14.7. The van der Waals surface area contributed by atoms with Gasteiger partial charge in [-0.05, 0) is 17.7 Å². The van der Waals surface area contributed by atoms with Crippen LogP contribution in [-0.4, -0.2) is 13.1 Å². The fourth-order valence-corrected chi connectivity index (χ4v) is 4.19. The monoisotopic (exact) mass is 365 g/mol. The summed E-state index contributed by atoms with van der Waals surface area (Å²) in [4.78, 5) is 25.4. The first kappa shape index (κ1) is 16.4. The molecule has 0 aliphatic carbocycles. The first-order valence-electron chi connectivity index (χ1n) is 7.98. The first-order valence-corrected chi connectivity index (χ1v) is 8.80. The molecule has 2 N–H and O–H groups in total. The Balaban J connectivity index is 2.08. The molecule has 0 radical (unpaired) electrons. The summed E-state index contributed by atoms with van der Waals surface area (Å²) in [6.45, 7) is 0. The lowest BCUT2D eigenvalue weighted by molar-refractivity contribution is -0.136. The van der Waals surface area contributed by atoms with Crippen LogP contribution in [-0.2, 0) is 9.53 Å². The molecule has 0 amide bonds. The molecule has 2 heterocycles. The highest BCUT2D eigenvalue weighted by Gasteiger charge is 2.38. The number of nitrogens with two attached hydrogens (primary N) is 1. The number of hydrogen-bond donors (Lipinski definition) is 1. The van der Waals surface area contributed by atoms with Gasteiger partial charge in [-0.2, -0.15) is 0 Å². The third-order valence-electron chi connectivity index (χ3n) is 4.39. The molecule has 1 aliphatic rings. The molecule has 0 spiro atoms. The Morgan fingerprint density at radius 3 is 2.54 bits per heavy atom. The number of methoxy groups -OCH3 is 1. The molecule has 1 aromatic heterocycles. The van der Waals surface area contributed by atoms with Crippen LogP contribution in [0.1, 0.15) is 17.0 Å². The van der Waals surface area contributed by atoms with Crippen LogP contribution in [0.25, 0.3) is 10.1 Å². The van der Waals surface area contributed by atoms with Crippen molar-refractivity contribution in [3.8, 4) is 5.75 Å². The van der Waals surface area contributed by atoms with Gasteiger partial charge in [0.25, 0.3) is 0 Å². The summed E-state index contributed by atoms with van der Waals surface area (Å²) in [5.41, 5.74) is 7.43. The van der Waals surface area contributed by atoms with Crippen molar-refractivity contribution in [2.75, 3.05) is 7.11 Å². The van der Waals surface area contributed by atoms with E-state index in [9.17, 15) is 9.59 Å². The van der Waals surface area contributed by atoms with Crippen molar-refractivity contribution in [3.63, 3.8) is 0 Å². The summed E-state index contributed by atoms with van der Waals surface area (Å²) in [5, 5.41) is 0.792. The van der Waals surface area contributed by atoms with E-state index in [1.54, 1.807) is 0 Å². The molecule has 6 heteroatoms. The quantitative estimate of drug-likeness (QED) is 0.706. The van der Waals surface area contributed by atoms with Gasteiger partial charge in [-0.3, -0.25) is 4.79 Å². The molecule has 0 unspecified atom stereocenters. The lowest BCUT2D eigenvalue weighted by atomic mass is 9.83. The van der Waals surface area contributed by atoms with E-state index in [0.29, 0.717) is 11.3 Å². The molecule has 1 aliphatic heterocycles. The maximum Gasteiger partial charge on any atom is 0.340 e. The third-order valence-corrected chi connectivity index (χ3v) is 5.37. The van der Waals surface area contributed by atoms with Crippen molar-refractivity contribution in [1.82, 2.24) is 0 Å². The minimum atomic E-state index is -0.638. The van der Waals surface area contributed by atoms with Gasteiger partial charge >= 0.3 is 5.97 Å². The van der Waals surface area contributed by atoms with E-state index in [4.69, 9.17) is 15.2 Å². The molecule has 130 valence electrons. The van der Waals surface area contributed by atoms with Crippen molar-refractivity contribution < 1.29 is 14.3 Å². The van der Waals surface area contributed by atoms with E-state index in [0.717, 1.165) is 27.0 Å². The van der Waals surface area contributed by atoms with Crippen LogP contribution in [0, 0.1) is 0 Å². The van der Waals surface area contributed by atoms with Gasteiger partial charge in [0.2, 0.25) is 10.6 Å². The van der Waals surface area contributed by atoms with Crippen LogP contribution in [0.5, 0.6) is 5.75 Å². The Hall–Kier alpha value is -3.12. The lowest BCUT2D eigenvalue weighted by Crippen LogP contribution is -2.30. The summed E-state index contributed by atoms with van der Waals surface area (Å²) in [5.74, 6) is -0.886. The lowest BCUT2D eigenvalue weighted by Gasteiger charge is -2.28. The predicted octanol–water partition coefficient (Wildman–Crippen LogP) is 3.13. The molecule has 0 saturated heterocycles. The van der Waals surface area contributed by atoms with Gasteiger partial charge in [-0.1, -0.05) is 53.8 Å². The van der Waals surface area contributed by atoms with Gasteiger partial charge < -0.3 is 15.2 Å². The normalized spacial score (nSPS) is 16.1. The van der Waals surface area contributed by atoms with E-state index >= 15 is 0 Å². The highest BCUT2D eigenvalue weighted by Crippen LogP contribution is 2.44. The predicted molar refractivity (Wildman–Crippen MR) is 100 cm³/mol. The van der Waals surface area contributed by atoms with Crippen LogP contribution in [0.15, 0.2) is 70.8 Å². The second kappa shape index (κ2) is 6.31. The molecule has 5 nitrogen and oxygen atoms in total. The maximum absolute atomic E-state index is 12.9. The number of carbonyl (C=O) groups is 1. The van der Waals surface area contributed by atoms with E-state index in [1.165, 1.54) is 7.11 Å². The summed E-state index contributed by atoms with van der Waals surface area (Å²) in [7, 11) is 1.28. The Morgan fingerprint density at radius 1 is 1.12 bits per heavy atom. The van der Waals surface area contributed by atoms with E-state index in [2.05, 4.69) is 0 Å². The highest BCUT2D eigenvalue weighted by atomic mass is 32.1. The number of fused-ring (bicyclic) bond motifs is 3. The number of ether oxygens (including phenoxy) is 2. The molecule has 3 aromatic rings. The topological polar surface area (TPSA) is 78.6 Å². The Morgan fingerprint density at radius 2 is 1.81 bits per heavy atom. The van der Waals surface area contributed by atoms with Crippen molar-refractivity contribution in [2.24, 2.45) is 5.73 Å². The molecule has 0 fully saturated rings. The van der Waals surface area contributed by atoms with Crippen molar-refractivity contribution in [1.29, 1.82) is 0 Å². The van der Waals surface area contributed by atoms with E-state index in [1.807, 2.05) is 54.6 Å². The molecule has 0 bridgehead atoms. The average Bonchev–Trinajstić information content (AvgIpc) is 2.67. The number of hydrogen-bond acceptors (Lipinski definition) is 6. The van der Waals surface area contributed by atoms with Crippen LogP contribution in [0.4, 0.5) is 0 Å². The van der Waals surface area contributed by atoms with Crippen LogP contribution in [0.2, 0.25) is 0 Å². The van der Waals surface area contributed by atoms with Gasteiger partial charge in [-0.15, -0.1) is 0 Å². The molecule has 1 atom stereocenters. The minimum absolute atomic E-state index is 0.0426. The summed E-state index contributed by atoms with van der Waals surface area (Å²) >= 11 is 1.13. The standard InChI is InChI=1S/C20H15NO4S/c1-24-19(22)16-14(11-7-3-2-4-8-11)15-17(25-18(16)21)12-9-5-6-10-13(12)26-20(15)23/h2-10,14H,21H2,1H3/t14-/m0/s1. The molecule has 4 rings (SSSR count). The van der Waals surface area contributed by atoms with Gasteiger partial charge in [-0.25, -0.2) is 4.79 Å². The summed E-state index contributed by atoms with van der Waals surface area (Å²) < 4.78 is 11.3. The Bertz CT molecular complexity index is 1100. The highest BCUT2D eigenvalue weighted by molar-refractivity contribution is 7.16. The summed E-state index contributed by atoms with van der Waals surface area (Å²) in [6, 6.07) is 16.8. The molecule has 0 saturated carbocycles. The second-order valence-corrected chi connectivity index (χ2v) is 6.86. The fourth-order valence-electron chi connectivity index (χ4n) is 3.25. The smallest absolute Gasteiger partial charge is 0.340 e. The largest absolute Gasteiger partial charge is 0.465 e. The third kappa shape index (κ3) is 2.46. The van der Waals surface area contributed by atoms with Gasteiger partial charge in [0.15, 0.2) is 0 Å². The number of carbonyl (C=O) groups excluding carboxylic acids is 1. The van der Waals surface area contributed by atoms with Crippen molar-refractivity contribution >= 4 is 27.4 Å². The van der Waals surface area contributed by atoms with Gasteiger partial charge in [0.05, 0.1) is 18.6 Å². The zero-order chi connectivity index (χ0) is 18.3. The maximum atomic E-state index is 12.9. The van der Waals surface area contributed by atoms with Crippen LogP contribution >= 0.6 is 11.3 Å². The first-order chi connectivity index (χ1) is 12.6. The minimum Gasteiger partial charge on any atom is -0.465 e. The van der Waals surface area contributed by atoms with Gasteiger partial charge in [0.1, 0.15) is 11.3 Å². The van der Waals surface area contributed by atoms with Gasteiger partial charge in [0, 0.05) is 10.1 Å². The Labute approximate surface area is 153 Å². The molecule has 26 heavy (non-hydrogen) atoms. The van der Waals surface area contributed by atoms with E-state index < -0.39 is 11.9 Å². The SMILES string of the molecule is COC(=O)C1=C(N)Oc2c(c(=O)sc3ccccc23)[C@@H]1c1ccccc1. The molecular formula is C20H15NO4S.